The average Bonchev–Trinajstić information content (AvgIpc) is 2.82. The van der Waals surface area contributed by atoms with Gasteiger partial charge in [0, 0.05) is 35.4 Å². The number of hydrogen-bond acceptors (Lipinski definition) is 7. The lowest BCUT2D eigenvalue weighted by molar-refractivity contribution is -0.0528. The Morgan fingerprint density at radius 1 is 1.06 bits per heavy atom. The van der Waals surface area contributed by atoms with Crippen LogP contribution in [0.4, 0.5) is 14.6 Å². The highest BCUT2D eigenvalue weighted by Crippen LogP contribution is 2.42. The van der Waals surface area contributed by atoms with E-state index in [-0.39, 0.29) is 22.7 Å². The Kier molecular flexibility index (Phi) is 6.51. The molecule has 190 valence electrons. The summed E-state index contributed by atoms with van der Waals surface area (Å²) in [6.07, 6.45) is 7.41. The molecule has 2 aliphatic heterocycles. The molecule has 0 spiro atoms. The number of hydrogen-bond donors (Lipinski definition) is 3. The number of piperidine rings is 2. The quantitative estimate of drug-likeness (QED) is 0.391. The summed E-state index contributed by atoms with van der Waals surface area (Å²) in [6.45, 7) is 2.58. The fraction of sp³-hybridized carbons (Fsp3) is 0.444. The van der Waals surface area contributed by atoms with Crippen LogP contribution in [0.3, 0.4) is 0 Å². The van der Waals surface area contributed by atoms with Crippen molar-refractivity contribution in [2.75, 3.05) is 11.9 Å². The Balaban J connectivity index is 1.24. The smallest absolute Gasteiger partial charge is 0.388 e. The molecule has 0 aliphatic carbocycles. The second-order valence-corrected chi connectivity index (χ2v) is 10.6. The minimum Gasteiger partial charge on any atom is -0.507 e. The van der Waals surface area contributed by atoms with Crippen LogP contribution >= 0.6 is 0 Å². The molecule has 2 fully saturated rings. The topological polar surface area (TPSA) is 92.2 Å². The number of rotatable bonds is 7. The van der Waals surface area contributed by atoms with Gasteiger partial charge in [-0.15, -0.1) is 10.2 Å². The second-order valence-electron chi connectivity index (χ2n) is 10.6. The molecule has 2 aliphatic rings. The van der Waals surface area contributed by atoms with Crippen LogP contribution in [-0.2, 0) is 0 Å². The van der Waals surface area contributed by atoms with Crippen molar-refractivity contribution in [1.29, 1.82) is 0 Å². The molecule has 9 heteroatoms. The molecule has 1 aromatic carbocycles. The fourth-order valence-electron chi connectivity index (χ4n) is 6.01. The van der Waals surface area contributed by atoms with Gasteiger partial charge in [-0.25, -0.2) is 4.98 Å². The molecular formula is C27H31F2N5O2. The van der Waals surface area contributed by atoms with Crippen molar-refractivity contribution in [3.8, 4) is 34.0 Å². The lowest BCUT2D eigenvalue weighted by atomic mass is 9.67. The lowest BCUT2D eigenvalue weighted by Gasteiger charge is -2.53. The van der Waals surface area contributed by atoms with Gasteiger partial charge in [0.1, 0.15) is 11.6 Å². The van der Waals surface area contributed by atoms with Gasteiger partial charge in [0.05, 0.1) is 5.69 Å². The number of phenolic OH excluding ortho intramolecular Hbond substituents is 1. The highest BCUT2D eigenvalue weighted by molar-refractivity contribution is 5.74. The molecule has 0 amide bonds. The third-order valence-corrected chi connectivity index (χ3v) is 7.33. The number of halogens is 2. The van der Waals surface area contributed by atoms with Crippen molar-refractivity contribution < 1.29 is 18.6 Å². The fourth-order valence-corrected chi connectivity index (χ4v) is 6.01. The molecule has 3 N–H and O–H groups in total. The zero-order valence-electron chi connectivity index (χ0n) is 20.5. The molecule has 2 unspecified atom stereocenters. The van der Waals surface area contributed by atoms with Gasteiger partial charge in [0.15, 0.2) is 0 Å². The molecule has 4 heterocycles. The predicted octanol–water partition coefficient (Wildman–Crippen LogP) is 5.63. The number of pyridine rings is 1. The molecule has 2 atom stereocenters. The van der Waals surface area contributed by atoms with Crippen LogP contribution in [-0.4, -0.2) is 44.5 Å². The van der Waals surface area contributed by atoms with Gasteiger partial charge in [0.25, 0.3) is 0 Å². The highest BCUT2D eigenvalue weighted by Gasteiger charge is 2.45. The third-order valence-electron chi connectivity index (χ3n) is 7.33. The summed E-state index contributed by atoms with van der Waals surface area (Å²) in [4.78, 5) is 3.77. The first-order valence-electron chi connectivity index (χ1n) is 12.3. The molecule has 2 saturated heterocycles. The summed E-state index contributed by atoms with van der Waals surface area (Å²) in [5.74, 6) is 1.10. The number of ether oxygens (including phenoxy) is 1. The van der Waals surface area contributed by atoms with Gasteiger partial charge in [-0.1, -0.05) is 6.07 Å². The minimum atomic E-state index is -2.95. The molecular weight excluding hydrogens is 464 g/mol. The van der Waals surface area contributed by atoms with Crippen LogP contribution in [0.5, 0.6) is 11.6 Å². The van der Waals surface area contributed by atoms with E-state index in [4.69, 9.17) is 0 Å². The number of benzene rings is 1. The summed E-state index contributed by atoms with van der Waals surface area (Å²) < 4.78 is 29.3. The maximum Gasteiger partial charge on any atom is 0.388 e. The first-order chi connectivity index (χ1) is 17.2. The average molecular weight is 496 g/mol. The number of aromatic nitrogens is 3. The van der Waals surface area contributed by atoms with E-state index in [2.05, 4.69) is 44.4 Å². The van der Waals surface area contributed by atoms with Crippen molar-refractivity contribution in [1.82, 2.24) is 20.5 Å². The van der Waals surface area contributed by atoms with E-state index >= 15 is 0 Å². The lowest BCUT2D eigenvalue weighted by Crippen LogP contribution is -2.63. The van der Waals surface area contributed by atoms with Gasteiger partial charge in [0.2, 0.25) is 5.88 Å². The Morgan fingerprint density at radius 2 is 1.81 bits per heavy atom. The SMILES string of the molecule is CC12CCCC(C)(CC(CNc3ccc(-c4ccc(-c5ccnc(OC(F)F)c5)cc4O)nn3)C1)N2. The first-order valence-corrected chi connectivity index (χ1v) is 12.3. The van der Waals surface area contributed by atoms with Crippen molar-refractivity contribution in [3.05, 3.63) is 48.7 Å². The van der Waals surface area contributed by atoms with Gasteiger partial charge in [-0.05, 0) is 93.3 Å². The number of nitrogens with zero attached hydrogens (tertiary/aromatic N) is 3. The third kappa shape index (κ3) is 5.41. The molecule has 7 nitrogen and oxygen atoms in total. The zero-order valence-corrected chi connectivity index (χ0v) is 20.5. The van der Waals surface area contributed by atoms with Gasteiger partial charge < -0.3 is 20.5 Å². The second kappa shape index (κ2) is 9.61. The van der Waals surface area contributed by atoms with E-state index < -0.39 is 6.61 Å². The summed E-state index contributed by atoms with van der Waals surface area (Å²) >= 11 is 0. The van der Waals surface area contributed by atoms with E-state index in [1.807, 2.05) is 12.1 Å². The zero-order chi connectivity index (χ0) is 25.3. The monoisotopic (exact) mass is 495 g/mol. The van der Waals surface area contributed by atoms with Gasteiger partial charge in [-0.2, -0.15) is 8.78 Å². The maximum absolute atomic E-state index is 12.5. The van der Waals surface area contributed by atoms with Gasteiger partial charge >= 0.3 is 6.61 Å². The van der Waals surface area contributed by atoms with Crippen LogP contribution in [0.25, 0.3) is 22.4 Å². The molecule has 5 rings (SSSR count). The molecule has 36 heavy (non-hydrogen) atoms. The molecule has 3 aromatic rings. The van der Waals surface area contributed by atoms with Crippen LogP contribution in [0.2, 0.25) is 0 Å². The Bertz CT molecular complexity index is 1210. The normalized spacial score (nSPS) is 25.5. The Labute approximate surface area is 209 Å². The number of alkyl halides is 2. The van der Waals surface area contributed by atoms with Crippen LogP contribution in [0.15, 0.2) is 48.7 Å². The Morgan fingerprint density at radius 3 is 2.47 bits per heavy atom. The maximum atomic E-state index is 12.5. The van der Waals surface area contributed by atoms with Crippen molar-refractivity contribution in [2.45, 2.75) is 63.6 Å². The standard InChI is InChI=1S/C27H31F2N5O2/c1-26-9-3-10-27(2,34-26)15-17(14-26)16-31-23-7-6-21(32-33-23)20-5-4-18(12-22(20)35)19-8-11-30-24(13-19)36-25(28)29/h4-8,11-13,17,25,34-35H,3,9-10,14-16H2,1-2H3,(H,31,33). The van der Waals surface area contributed by atoms with Crippen molar-refractivity contribution in [3.63, 3.8) is 0 Å². The molecule has 0 radical (unpaired) electrons. The van der Waals surface area contributed by atoms with E-state index in [9.17, 15) is 13.9 Å². The summed E-state index contributed by atoms with van der Waals surface area (Å²) in [6, 6.07) is 11.8. The number of nitrogens with one attached hydrogen (secondary N) is 2. The summed E-state index contributed by atoms with van der Waals surface area (Å²) in [7, 11) is 0. The molecule has 2 aromatic heterocycles. The number of anilines is 1. The van der Waals surface area contributed by atoms with Crippen LogP contribution in [0.1, 0.15) is 46.0 Å². The number of aromatic hydroxyl groups is 1. The molecule has 0 saturated carbocycles. The predicted molar refractivity (Wildman–Crippen MR) is 134 cm³/mol. The largest absolute Gasteiger partial charge is 0.507 e. The van der Waals surface area contributed by atoms with Crippen molar-refractivity contribution >= 4 is 5.82 Å². The van der Waals surface area contributed by atoms with Crippen molar-refractivity contribution in [2.24, 2.45) is 5.92 Å². The number of phenols is 1. The van der Waals surface area contributed by atoms with E-state index in [1.165, 1.54) is 31.5 Å². The highest BCUT2D eigenvalue weighted by atomic mass is 19.3. The van der Waals surface area contributed by atoms with Gasteiger partial charge in [-0.3, -0.25) is 0 Å². The van der Waals surface area contributed by atoms with E-state index in [0.29, 0.717) is 34.1 Å². The Hall–Kier alpha value is -3.33. The summed E-state index contributed by atoms with van der Waals surface area (Å²) in [5, 5.41) is 26.6. The van der Waals surface area contributed by atoms with Crippen LogP contribution < -0.4 is 15.4 Å². The summed E-state index contributed by atoms with van der Waals surface area (Å²) in [5.41, 5.74) is 2.73. The van der Waals surface area contributed by atoms with E-state index in [0.717, 1.165) is 19.4 Å². The van der Waals surface area contributed by atoms with E-state index in [1.54, 1.807) is 24.3 Å². The first kappa shape index (κ1) is 24.4. The van der Waals surface area contributed by atoms with Crippen LogP contribution in [0, 0.1) is 5.92 Å². The molecule has 2 bridgehead atoms. The number of fused-ring (bicyclic) bond motifs is 2. The minimum absolute atomic E-state index is 0.0124.